The van der Waals surface area contributed by atoms with Gasteiger partial charge in [0.25, 0.3) is 0 Å². The molecule has 0 amide bonds. The van der Waals surface area contributed by atoms with Crippen LogP contribution in [0.5, 0.6) is 0 Å². The van der Waals surface area contributed by atoms with E-state index in [1.54, 1.807) is 0 Å². The zero-order valence-corrected chi connectivity index (χ0v) is 13.6. The second-order valence-corrected chi connectivity index (χ2v) is 5.24. The molecule has 1 heterocycles. The van der Waals surface area contributed by atoms with E-state index in [4.69, 9.17) is 28.4 Å². The van der Waals surface area contributed by atoms with E-state index in [1.165, 1.54) is 0 Å². The molecule has 1 fully saturated rings. The van der Waals surface area contributed by atoms with E-state index in [1.807, 2.05) is 13.8 Å². The van der Waals surface area contributed by atoms with Gasteiger partial charge in [0.1, 0.15) is 19.7 Å². The summed E-state index contributed by atoms with van der Waals surface area (Å²) in [4.78, 5) is 0. The van der Waals surface area contributed by atoms with Crippen LogP contribution < -0.4 is 0 Å². The molecule has 1 unspecified atom stereocenters. The van der Waals surface area contributed by atoms with Crippen LogP contribution in [-0.4, -0.2) is 65.9 Å². The van der Waals surface area contributed by atoms with Crippen molar-refractivity contribution < 1.29 is 28.4 Å². The molecular formula is C15H30O6. The molecule has 0 bridgehead atoms. The Kier molecular flexibility index (Phi) is 10.2. The van der Waals surface area contributed by atoms with E-state index in [0.29, 0.717) is 53.2 Å². The highest BCUT2D eigenvalue weighted by atomic mass is 16.7. The van der Waals surface area contributed by atoms with E-state index in [9.17, 15) is 0 Å². The summed E-state index contributed by atoms with van der Waals surface area (Å²) in [5.41, 5.74) is -0.177. The summed E-state index contributed by atoms with van der Waals surface area (Å²) in [7, 11) is 0. The van der Waals surface area contributed by atoms with Crippen molar-refractivity contribution in [3.63, 3.8) is 0 Å². The van der Waals surface area contributed by atoms with Crippen LogP contribution in [0.25, 0.3) is 0 Å². The van der Waals surface area contributed by atoms with Crippen LogP contribution in [0.2, 0.25) is 0 Å². The summed E-state index contributed by atoms with van der Waals surface area (Å²) in [6.07, 6.45) is 1.17. The molecule has 0 aliphatic carbocycles. The third-order valence-corrected chi connectivity index (χ3v) is 3.42. The second kappa shape index (κ2) is 11.3. The monoisotopic (exact) mass is 306 g/mol. The van der Waals surface area contributed by atoms with Crippen LogP contribution in [0, 0.1) is 5.41 Å². The van der Waals surface area contributed by atoms with Crippen LogP contribution in [0.3, 0.4) is 0 Å². The first-order chi connectivity index (χ1) is 10.3. The van der Waals surface area contributed by atoms with Gasteiger partial charge in [-0.2, -0.15) is 0 Å². The van der Waals surface area contributed by atoms with Crippen molar-refractivity contribution in [1.29, 1.82) is 0 Å². The molecule has 0 aromatic carbocycles. The minimum Gasteiger partial charge on any atom is -0.378 e. The predicted molar refractivity (Wildman–Crippen MR) is 78.2 cm³/mol. The van der Waals surface area contributed by atoms with Crippen molar-refractivity contribution in [1.82, 2.24) is 0 Å². The molecule has 1 aliphatic rings. The highest BCUT2D eigenvalue weighted by Crippen LogP contribution is 2.25. The SMILES string of the molecule is CCOCOCC(CC)(COCOCC)COCC1CO1. The first-order valence-corrected chi connectivity index (χ1v) is 7.76. The van der Waals surface area contributed by atoms with Gasteiger partial charge in [0.05, 0.1) is 33.0 Å². The van der Waals surface area contributed by atoms with Crippen LogP contribution in [0.15, 0.2) is 0 Å². The summed E-state index contributed by atoms with van der Waals surface area (Å²) in [5, 5.41) is 0. The Morgan fingerprint density at radius 1 is 0.857 bits per heavy atom. The van der Waals surface area contributed by atoms with Gasteiger partial charge < -0.3 is 28.4 Å². The largest absolute Gasteiger partial charge is 0.378 e. The van der Waals surface area contributed by atoms with Gasteiger partial charge in [0.2, 0.25) is 0 Å². The number of hydrogen-bond donors (Lipinski definition) is 0. The van der Waals surface area contributed by atoms with Gasteiger partial charge in [-0.3, -0.25) is 0 Å². The maximum Gasteiger partial charge on any atom is 0.146 e. The van der Waals surface area contributed by atoms with Gasteiger partial charge >= 0.3 is 0 Å². The smallest absolute Gasteiger partial charge is 0.146 e. The fourth-order valence-corrected chi connectivity index (χ4v) is 1.80. The lowest BCUT2D eigenvalue weighted by Crippen LogP contribution is -2.37. The lowest BCUT2D eigenvalue weighted by atomic mass is 9.88. The highest BCUT2D eigenvalue weighted by Gasteiger charge is 2.31. The minimum atomic E-state index is -0.177. The van der Waals surface area contributed by atoms with E-state index in [-0.39, 0.29) is 11.5 Å². The molecule has 1 aliphatic heterocycles. The summed E-state index contributed by atoms with van der Waals surface area (Å²) >= 11 is 0. The van der Waals surface area contributed by atoms with Gasteiger partial charge in [-0.25, -0.2) is 0 Å². The molecule has 1 atom stereocenters. The molecule has 0 saturated carbocycles. The Balaban J connectivity index is 2.33. The standard InChI is InChI=1S/C15H30O6/c1-4-15(10-19-12-16-5-2,11-20-13-17-6-3)9-18-7-14-8-21-14/h14H,4-13H2,1-3H3. The first kappa shape index (κ1) is 18.8. The zero-order chi connectivity index (χ0) is 15.4. The van der Waals surface area contributed by atoms with Crippen molar-refractivity contribution in [3.8, 4) is 0 Å². The number of hydrogen-bond acceptors (Lipinski definition) is 6. The molecule has 0 N–H and O–H groups in total. The summed E-state index contributed by atoms with van der Waals surface area (Å²) in [5.74, 6) is 0. The molecule has 0 spiro atoms. The van der Waals surface area contributed by atoms with Crippen molar-refractivity contribution in [2.75, 3.05) is 59.8 Å². The summed E-state index contributed by atoms with van der Waals surface area (Å²) in [6.45, 7) is 11.0. The Morgan fingerprint density at radius 2 is 1.38 bits per heavy atom. The van der Waals surface area contributed by atoms with Crippen molar-refractivity contribution in [2.24, 2.45) is 5.41 Å². The van der Waals surface area contributed by atoms with E-state index >= 15 is 0 Å². The maximum absolute atomic E-state index is 5.76. The summed E-state index contributed by atoms with van der Waals surface area (Å²) < 4.78 is 32.6. The Morgan fingerprint density at radius 3 is 1.81 bits per heavy atom. The topological polar surface area (TPSA) is 58.7 Å². The van der Waals surface area contributed by atoms with Gasteiger partial charge in [-0.15, -0.1) is 0 Å². The normalized spacial score (nSPS) is 18.1. The van der Waals surface area contributed by atoms with Crippen molar-refractivity contribution in [3.05, 3.63) is 0 Å². The van der Waals surface area contributed by atoms with Crippen LogP contribution in [0.4, 0.5) is 0 Å². The lowest BCUT2D eigenvalue weighted by Gasteiger charge is -2.31. The van der Waals surface area contributed by atoms with Gasteiger partial charge in [0, 0.05) is 18.6 Å². The third kappa shape index (κ3) is 8.70. The Hall–Kier alpha value is -0.240. The second-order valence-electron chi connectivity index (χ2n) is 5.24. The highest BCUT2D eigenvalue weighted by molar-refractivity contribution is 4.78. The van der Waals surface area contributed by atoms with Crippen molar-refractivity contribution >= 4 is 0 Å². The average Bonchev–Trinajstić information content (AvgIpc) is 3.31. The molecule has 1 saturated heterocycles. The molecule has 1 rings (SSSR count). The third-order valence-electron chi connectivity index (χ3n) is 3.42. The van der Waals surface area contributed by atoms with Crippen molar-refractivity contribution in [2.45, 2.75) is 33.3 Å². The number of epoxide rings is 1. The molecule has 21 heavy (non-hydrogen) atoms. The van der Waals surface area contributed by atoms with Crippen LogP contribution in [-0.2, 0) is 28.4 Å². The maximum atomic E-state index is 5.76. The lowest BCUT2D eigenvalue weighted by molar-refractivity contribution is -0.139. The van der Waals surface area contributed by atoms with Gasteiger partial charge in [-0.05, 0) is 20.3 Å². The molecule has 0 aromatic heterocycles. The first-order valence-electron chi connectivity index (χ1n) is 7.76. The van der Waals surface area contributed by atoms with Crippen LogP contribution in [0.1, 0.15) is 27.2 Å². The number of rotatable bonds is 15. The molecule has 0 aromatic rings. The quantitative estimate of drug-likeness (QED) is 0.261. The van der Waals surface area contributed by atoms with Gasteiger partial charge in [-0.1, -0.05) is 6.92 Å². The molecule has 0 radical (unpaired) electrons. The molecular weight excluding hydrogens is 276 g/mol. The average molecular weight is 306 g/mol. The summed E-state index contributed by atoms with van der Waals surface area (Å²) in [6, 6.07) is 0. The molecule has 6 heteroatoms. The van der Waals surface area contributed by atoms with Crippen LogP contribution >= 0.6 is 0 Å². The van der Waals surface area contributed by atoms with E-state index in [2.05, 4.69) is 6.92 Å². The van der Waals surface area contributed by atoms with E-state index in [0.717, 1.165) is 13.0 Å². The Bertz CT molecular complexity index is 232. The molecule has 126 valence electrons. The Labute approximate surface area is 128 Å². The van der Waals surface area contributed by atoms with E-state index < -0.39 is 0 Å². The predicted octanol–water partition coefficient (Wildman–Crippen LogP) is 1.82. The zero-order valence-electron chi connectivity index (χ0n) is 13.6. The minimum absolute atomic E-state index is 0.177. The van der Waals surface area contributed by atoms with Gasteiger partial charge in [0.15, 0.2) is 0 Å². The molecule has 6 nitrogen and oxygen atoms in total. The number of ether oxygens (including phenoxy) is 6. The fraction of sp³-hybridized carbons (Fsp3) is 1.00. The fourth-order valence-electron chi connectivity index (χ4n) is 1.80.